The van der Waals surface area contributed by atoms with Crippen molar-refractivity contribution in [1.82, 2.24) is 4.98 Å². The van der Waals surface area contributed by atoms with E-state index in [0.29, 0.717) is 25.6 Å². The smallest absolute Gasteiger partial charge is 0.306 e. The second-order valence-corrected chi connectivity index (χ2v) is 6.86. The summed E-state index contributed by atoms with van der Waals surface area (Å²) in [5.74, 6) is 0.775. The van der Waals surface area contributed by atoms with Gasteiger partial charge in [-0.1, -0.05) is 18.2 Å². The second-order valence-electron chi connectivity index (χ2n) is 6.86. The molecule has 26 heavy (non-hydrogen) atoms. The number of rotatable bonds is 9. The number of hydrogen-bond acceptors (Lipinski definition) is 4. The second kappa shape index (κ2) is 9.95. The number of aromatic nitrogens is 1. The Kier molecular flexibility index (Phi) is 7.05. The number of esters is 1. The highest BCUT2D eigenvalue weighted by Crippen LogP contribution is 2.24. The molecule has 138 valence electrons. The van der Waals surface area contributed by atoms with Crippen molar-refractivity contribution in [3.8, 4) is 5.75 Å². The largest absolute Gasteiger partial charge is 0.490 e. The topological polar surface area (TPSA) is 48.4 Å². The van der Waals surface area contributed by atoms with Crippen molar-refractivity contribution in [1.29, 1.82) is 0 Å². The van der Waals surface area contributed by atoms with Crippen molar-refractivity contribution in [3.05, 3.63) is 59.9 Å². The molecule has 2 aromatic rings. The zero-order valence-corrected chi connectivity index (χ0v) is 15.2. The van der Waals surface area contributed by atoms with E-state index < -0.39 is 0 Å². The van der Waals surface area contributed by atoms with Gasteiger partial charge in [-0.3, -0.25) is 9.78 Å². The molecule has 1 saturated carbocycles. The maximum Gasteiger partial charge on any atom is 0.306 e. The molecule has 0 bridgehead atoms. The maximum atomic E-state index is 11.9. The van der Waals surface area contributed by atoms with Gasteiger partial charge in [0.05, 0.1) is 12.7 Å². The molecule has 0 atom stereocenters. The number of hydrogen-bond donors (Lipinski definition) is 0. The molecule has 0 N–H and O–H groups in total. The standard InChI is InChI=1S/C22H27NO3/c24-22(25-15-5-8-19-7-4-14-23-17-19)13-12-18-6-3-11-21(16-18)26-20-9-1-2-10-20/h3-4,6-7,11,14,16-17,20H,1-2,5,8-10,12-13,15H2. The summed E-state index contributed by atoms with van der Waals surface area (Å²) in [6, 6.07) is 12.0. The fourth-order valence-electron chi connectivity index (χ4n) is 3.30. The van der Waals surface area contributed by atoms with E-state index in [1.165, 1.54) is 18.4 Å². The average Bonchev–Trinajstić information content (AvgIpc) is 3.18. The van der Waals surface area contributed by atoms with E-state index in [2.05, 4.69) is 4.98 Å². The average molecular weight is 353 g/mol. The van der Waals surface area contributed by atoms with Gasteiger partial charge in [-0.2, -0.15) is 0 Å². The van der Waals surface area contributed by atoms with Gasteiger partial charge in [0.15, 0.2) is 0 Å². The van der Waals surface area contributed by atoms with Gasteiger partial charge in [-0.25, -0.2) is 0 Å². The van der Waals surface area contributed by atoms with Crippen LogP contribution in [-0.4, -0.2) is 23.7 Å². The van der Waals surface area contributed by atoms with Crippen LogP contribution in [0.25, 0.3) is 0 Å². The molecule has 1 aromatic carbocycles. The molecule has 4 nitrogen and oxygen atoms in total. The zero-order chi connectivity index (χ0) is 18.0. The highest BCUT2D eigenvalue weighted by atomic mass is 16.5. The normalized spacial score (nSPS) is 14.3. The third-order valence-electron chi connectivity index (χ3n) is 4.72. The van der Waals surface area contributed by atoms with Crippen LogP contribution in [0.5, 0.6) is 5.75 Å². The van der Waals surface area contributed by atoms with Crippen LogP contribution >= 0.6 is 0 Å². The lowest BCUT2D eigenvalue weighted by Gasteiger charge is -2.13. The molecule has 4 heteroatoms. The van der Waals surface area contributed by atoms with Crippen LogP contribution in [0.2, 0.25) is 0 Å². The Balaban J connectivity index is 1.34. The molecular weight excluding hydrogens is 326 g/mol. The number of benzene rings is 1. The molecule has 1 aliphatic rings. The first-order valence-corrected chi connectivity index (χ1v) is 9.60. The van der Waals surface area contributed by atoms with Gasteiger partial charge in [0.2, 0.25) is 0 Å². The van der Waals surface area contributed by atoms with Crippen LogP contribution < -0.4 is 4.74 Å². The van der Waals surface area contributed by atoms with Crippen molar-refractivity contribution < 1.29 is 14.3 Å². The molecule has 0 unspecified atom stereocenters. The molecule has 1 aromatic heterocycles. The van der Waals surface area contributed by atoms with Crippen LogP contribution in [0.4, 0.5) is 0 Å². The van der Waals surface area contributed by atoms with Crippen LogP contribution in [-0.2, 0) is 22.4 Å². The van der Waals surface area contributed by atoms with Gasteiger partial charge >= 0.3 is 5.97 Å². The van der Waals surface area contributed by atoms with Crippen molar-refractivity contribution in [2.75, 3.05) is 6.61 Å². The van der Waals surface area contributed by atoms with Crippen LogP contribution in [0.15, 0.2) is 48.8 Å². The minimum Gasteiger partial charge on any atom is -0.490 e. The summed E-state index contributed by atoms with van der Waals surface area (Å²) in [6.07, 6.45) is 11.6. The van der Waals surface area contributed by atoms with E-state index in [-0.39, 0.29) is 5.97 Å². The van der Waals surface area contributed by atoms with E-state index in [1.54, 1.807) is 6.20 Å². The quantitative estimate of drug-likeness (QED) is 0.491. The zero-order valence-electron chi connectivity index (χ0n) is 15.2. The molecule has 1 heterocycles. The summed E-state index contributed by atoms with van der Waals surface area (Å²) >= 11 is 0. The summed E-state index contributed by atoms with van der Waals surface area (Å²) in [5, 5.41) is 0. The fourth-order valence-corrected chi connectivity index (χ4v) is 3.30. The molecule has 0 saturated heterocycles. The maximum absolute atomic E-state index is 11.9. The number of carbonyl (C=O) groups excluding carboxylic acids is 1. The van der Waals surface area contributed by atoms with Gasteiger partial charge < -0.3 is 9.47 Å². The predicted molar refractivity (Wildman–Crippen MR) is 101 cm³/mol. The number of ether oxygens (including phenoxy) is 2. The molecule has 3 rings (SSSR count). The van der Waals surface area contributed by atoms with Gasteiger partial charge in [-0.15, -0.1) is 0 Å². The highest BCUT2D eigenvalue weighted by Gasteiger charge is 2.16. The minimum atomic E-state index is -0.140. The number of pyridine rings is 1. The molecule has 1 fully saturated rings. The van der Waals surface area contributed by atoms with E-state index in [0.717, 1.165) is 37.0 Å². The van der Waals surface area contributed by atoms with Crippen molar-refractivity contribution in [2.45, 2.75) is 57.5 Å². The Hall–Kier alpha value is -2.36. The Morgan fingerprint density at radius 1 is 1.08 bits per heavy atom. The first-order valence-electron chi connectivity index (χ1n) is 9.60. The SMILES string of the molecule is O=C(CCc1cccc(OC2CCCC2)c1)OCCCc1cccnc1. The summed E-state index contributed by atoms with van der Waals surface area (Å²) in [6.45, 7) is 0.457. The van der Waals surface area contributed by atoms with Gasteiger partial charge in [-0.05, 0) is 74.3 Å². The molecule has 0 aliphatic heterocycles. The lowest BCUT2D eigenvalue weighted by atomic mass is 10.1. The minimum absolute atomic E-state index is 0.140. The third kappa shape index (κ3) is 6.17. The lowest BCUT2D eigenvalue weighted by Crippen LogP contribution is -2.11. The Morgan fingerprint density at radius 3 is 2.73 bits per heavy atom. The Labute approximate surface area is 155 Å². The molecular formula is C22H27NO3. The number of nitrogens with zero attached hydrogens (tertiary/aromatic N) is 1. The Bertz CT molecular complexity index is 681. The van der Waals surface area contributed by atoms with Crippen molar-refractivity contribution >= 4 is 5.97 Å². The highest BCUT2D eigenvalue weighted by molar-refractivity contribution is 5.69. The fraction of sp³-hybridized carbons (Fsp3) is 0.455. The molecule has 0 radical (unpaired) electrons. The summed E-state index contributed by atoms with van der Waals surface area (Å²) in [7, 11) is 0. The van der Waals surface area contributed by atoms with Crippen molar-refractivity contribution in [2.24, 2.45) is 0 Å². The van der Waals surface area contributed by atoms with Gasteiger partial charge in [0.25, 0.3) is 0 Å². The monoisotopic (exact) mass is 353 g/mol. The van der Waals surface area contributed by atoms with Crippen LogP contribution in [0, 0.1) is 0 Å². The van der Waals surface area contributed by atoms with Crippen LogP contribution in [0.1, 0.15) is 49.7 Å². The van der Waals surface area contributed by atoms with E-state index in [9.17, 15) is 4.79 Å². The molecule has 0 spiro atoms. The molecule has 0 amide bonds. The van der Waals surface area contributed by atoms with E-state index >= 15 is 0 Å². The summed E-state index contributed by atoms with van der Waals surface area (Å²) in [5.41, 5.74) is 2.29. The van der Waals surface area contributed by atoms with Gasteiger partial charge in [0.1, 0.15) is 5.75 Å². The first kappa shape index (κ1) is 18.4. The summed E-state index contributed by atoms with van der Waals surface area (Å²) < 4.78 is 11.4. The summed E-state index contributed by atoms with van der Waals surface area (Å²) in [4.78, 5) is 16.0. The van der Waals surface area contributed by atoms with Crippen molar-refractivity contribution in [3.63, 3.8) is 0 Å². The van der Waals surface area contributed by atoms with E-state index in [1.807, 2.05) is 42.6 Å². The lowest BCUT2D eigenvalue weighted by molar-refractivity contribution is -0.143. The third-order valence-corrected chi connectivity index (χ3v) is 4.72. The number of aryl methyl sites for hydroxylation is 2. The van der Waals surface area contributed by atoms with Crippen LogP contribution in [0.3, 0.4) is 0 Å². The first-order chi connectivity index (χ1) is 12.8. The number of carbonyl (C=O) groups is 1. The Morgan fingerprint density at radius 2 is 1.92 bits per heavy atom. The van der Waals surface area contributed by atoms with Gasteiger partial charge in [0, 0.05) is 18.8 Å². The predicted octanol–water partition coefficient (Wildman–Crippen LogP) is 4.51. The molecule has 1 aliphatic carbocycles. The van der Waals surface area contributed by atoms with E-state index in [4.69, 9.17) is 9.47 Å².